The Kier molecular flexibility index (Phi) is 3.67. The van der Waals surface area contributed by atoms with Crippen LogP contribution in [0.1, 0.15) is 30.9 Å². The number of carboxylic acid groups (broad SMARTS) is 1. The van der Waals surface area contributed by atoms with Gasteiger partial charge in [0, 0.05) is 18.8 Å². The van der Waals surface area contributed by atoms with E-state index in [9.17, 15) is 14.7 Å². The lowest BCUT2D eigenvalue weighted by molar-refractivity contribution is -0.142. The Balaban J connectivity index is 1.71. The average molecular weight is 292 g/mol. The van der Waals surface area contributed by atoms with Crippen LogP contribution in [0.5, 0.6) is 0 Å². The van der Waals surface area contributed by atoms with E-state index in [0.717, 1.165) is 25.8 Å². The molecule has 1 aromatic heterocycles. The van der Waals surface area contributed by atoms with Crippen LogP contribution in [0.3, 0.4) is 0 Å². The van der Waals surface area contributed by atoms with Gasteiger partial charge in [-0.3, -0.25) is 9.48 Å². The molecule has 0 radical (unpaired) electrons. The SMILES string of the molecule is Cn1cc(C(NC(=O)C2NCC3CCCC32)C(=O)O)cn1. The number of nitrogens with zero attached hydrogens (tertiary/aromatic N) is 2. The van der Waals surface area contributed by atoms with Crippen molar-refractivity contribution < 1.29 is 14.7 Å². The number of aromatic nitrogens is 2. The second kappa shape index (κ2) is 5.48. The monoisotopic (exact) mass is 292 g/mol. The first-order valence-electron chi connectivity index (χ1n) is 7.31. The molecule has 1 saturated carbocycles. The number of nitrogens with one attached hydrogen (secondary N) is 2. The molecule has 21 heavy (non-hydrogen) atoms. The first-order chi connectivity index (χ1) is 10.1. The molecule has 1 amide bonds. The van der Waals surface area contributed by atoms with Gasteiger partial charge in [-0.2, -0.15) is 5.10 Å². The molecule has 7 heteroatoms. The van der Waals surface area contributed by atoms with Gasteiger partial charge < -0.3 is 15.7 Å². The summed E-state index contributed by atoms with van der Waals surface area (Å²) in [4.78, 5) is 23.8. The molecule has 4 atom stereocenters. The lowest BCUT2D eigenvalue weighted by atomic mass is 9.93. The second-order valence-electron chi connectivity index (χ2n) is 5.97. The second-order valence-corrected chi connectivity index (χ2v) is 5.97. The Bertz CT molecular complexity index is 556. The van der Waals surface area contributed by atoms with E-state index in [0.29, 0.717) is 17.4 Å². The molecular formula is C14H20N4O3. The molecule has 114 valence electrons. The van der Waals surface area contributed by atoms with Crippen LogP contribution >= 0.6 is 0 Å². The van der Waals surface area contributed by atoms with E-state index in [1.165, 1.54) is 10.9 Å². The van der Waals surface area contributed by atoms with Crippen LogP contribution in [0.25, 0.3) is 0 Å². The first kappa shape index (κ1) is 14.1. The summed E-state index contributed by atoms with van der Waals surface area (Å²) >= 11 is 0. The molecule has 0 aromatic carbocycles. The molecule has 1 aliphatic heterocycles. The minimum absolute atomic E-state index is 0.222. The van der Waals surface area contributed by atoms with E-state index in [1.807, 2.05) is 0 Å². The van der Waals surface area contributed by atoms with Gasteiger partial charge in [0.15, 0.2) is 6.04 Å². The normalized spacial score (nSPS) is 29.1. The number of hydrogen-bond donors (Lipinski definition) is 3. The third-order valence-corrected chi connectivity index (χ3v) is 4.62. The van der Waals surface area contributed by atoms with Crippen LogP contribution < -0.4 is 10.6 Å². The van der Waals surface area contributed by atoms with Crippen molar-refractivity contribution in [1.82, 2.24) is 20.4 Å². The molecule has 1 saturated heterocycles. The molecule has 0 spiro atoms. The fourth-order valence-corrected chi connectivity index (χ4v) is 3.58. The summed E-state index contributed by atoms with van der Waals surface area (Å²) in [6.45, 7) is 0.855. The molecule has 1 aromatic rings. The maximum atomic E-state index is 12.4. The summed E-state index contributed by atoms with van der Waals surface area (Å²) in [6.07, 6.45) is 6.44. The van der Waals surface area contributed by atoms with Crippen LogP contribution in [0, 0.1) is 11.8 Å². The molecular weight excluding hydrogens is 272 g/mol. The number of carbonyl (C=O) groups excluding carboxylic acids is 1. The first-order valence-corrected chi connectivity index (χ1v) is 7.31. The molecule has 3 rings (SSSR count). The van der Waals surface area contributed by atoms with Gasteiger partial charge >= 0.3 is 5.97 Å². The Morgan fingerprint density at radius 3 is 3.00 bits per heavy atom. The maximum absolute atomic E-state index is 12.4. The molecule has 0 bridgehead atoms. The van der Waals surface area contributed by atoms with Crippen LogP contribution in [-0.4, -0.2) is 39.4 Å². The third-order valence-electron chi connectivity index (χ3n) is 4.62. The minimum atomic E-state index is -1.07. The zero-order valence-electron chi connectivity index (χ0n) is 12.0. The Labute approximate surface area is 122 Å². The van der Waals surface area contributed by atoms with Crippen molar-refractivity contribution in [3.8, 4) is 0 Å². The van der Waals surface area contributed by atoms with Gasteiger partial charge in [0.2, 0.25) is 5.91 Å². The molecule has 2 heterocycles. The smallest absolute Gasteiger partial charge is 0.331 e. The summed E-state index contributed by atoms with van der Waals surface area (Å²) < 4.78 is 1.53. The van der Waals surface area contributed by atoms with E-state index >= 15 is 0 Å². The topological polar surface area (TPSA) is 96.2 Å². The third kappa shape index (κ3) is 2.65. The zero-order chi connectivity index (χ0) is 15.0. The van der Waals surface area contributed by atoms with E-state index in [1.54, 1.807) is 13.2 Å². The van der Waals surface area contributed by atoms with E-state index < -0.39 is 12.0 Å². The molecule has 2 fully saturated rings. The van der Waals surface area contributed by atoms with Gasteiger partial charge in [0.05, 0.1) is 12.2 Å². The summed E-state index contributed by atoms with van der Waals surface area (Å²) in [6, 6.07) is -1.32. The van der Waals surface area contributed by atoms with Crippen molar-refractivity contribution in [2.45, 2.75) is 31.3 Å². The fourth-order valence-electron chi connectivity index (χ4n) is 3.58. The molecule has 7 nitrogen and oxygen atoms in total. The summed E-state index contributed by atoms with van der Waals surface area (Å²) in [5.74, 6) is -0.395. The Morgan fingerprint density at radius 1 is 1.52 bits per heavy atom. The number of hydrogen-bond acceptors (Lipinski definition) is 4. The molecule has 2 aliphatic rings. The number of rotatable bonds is 4. The molecule has 1 aliphatic carbocycles. The number of fused-ring (bicyclic) bond motifs is 1. The van der Waals surface area contributed by atoms with Crippen LogP contribution in [-0.2, 0) is 16.6 Å². The van der Waals surface area contributed by atoms with Crippen molar-refractivity contribution in [3.05, 3.63) is 18.0 Å². The van der Waals surface area contributed by atoms with E-state index in [2.05, 4.69) is 15.7 Å². The Morgan fingerprint density at radius 2 is 2.33 bits per heavy atom. The van der Waals surface area contributed by atoms with Gasteiger partial charge in [-0.25, -0.2) is 4.79 Å². The number of amides is 1. The highest BCUT2D eigenvalue weighted by Crippen LogP contribution is 2.37. The van der Waals surface area contributed by atoms with E-state index in [-0.39, 0.29) is 11.9 Å². The molecule has 3 N–H and O–H groups in total. The van der Waals surface area contributed by atoms with E-state index in [4.69, 9.17) is 0 Å². The number of aliphatic carboxylic acids is 1. The highest BCUT2D eigenvalue weighted by molar-refractivity contribution is 5.88. The van der Waals surface area contributed by atoms with Gasteiger partial charge in [-0.1, -0.05) is 6.42 Å². The maximum Gasteiger partial charge on any atom is 0.331 e. The summed E-state index contributed by atoms with van der Waals surface area (Å²) in [5.41, 5.74) is 0.485. The minimum Gasteiger partial charge on any atom is -0.479 e. The van der Waals surface area contributed by atoms with Crippen molar-refractivity contribution in [2.75, 3.05) is 6.54 Å². The average Bonchev–Trinajstić information content (AvgIpc) is 3.10. The molecule has 4 unspecified atom stereocenters. The number of carbonyl (C=O) groups is 2. The number of aryl methyl sites for hydroxylation is 1. The highest BCUT2D eigenvalue weighted by atomic mass is 16.4. The van der Waals surface area contributed by atoms with Crippen molar-refractivity contribution in [3.63, 3.8) is 0 Å². The summed E-state index contributed by atoms with van der Waals surface area (Å²) in [7, 11) is 1.71. The highest BCUT2D eigenvalue weighted by Gasteiger charge is 2.43. The van der Waals surface area contributed by atoms with Crippen LogP contribution in [0.15, 0.2) is 12.4 Å². The fraction of sp³-hybridized carbons (Fsp3) is 0.643. The predicted molar refractivity (Wildman–Crippen MR) is 74.3 cm³/mol. The number of carboxylic acids is 1. The van der Waals surface area contributed by atoms with Crippen molar-refractivity contribution in [2.24, 2.45) is 18.9 Å². The van der Waals surface area contributed by atoms with Gasteiger partial charge in [0.1, 0.15) is 0 Å². The summed E-state index contributed by atoms with van der Waals surface area (Å²) in [5, 5.41) is 19.2. The van der Waals surface area contributed by atoms with Crippen LogP contribution in [0.4, 0.5) is 0 Å². The van der Waals surface area contributed by atoms with Gasteiger partial charge in [0.25, 0.3) is 0 Å². The van der Waals surface area contributed by atoms with Crippen molar-refractivity contribution >= 4 is 11.9 Å². The van der Waals surface area contributed by atoms with Gasteiger partial charge in [-0.15, -0.1) is 0 Å². The predicted octanol–water partition coefficient (Wildman–Crippen LogP) is 0.0501. The lowest BCUT2D eigenvalue weighted by Crippen LogP contribution is -2.46. The standard InChI is InChI=1S/C14H20N4O3/c1-18-7-9(6-16-18)11(14(20)21)17-13(19)12-10-4-2-3-8(10)5-15-12/h6-8,10-12,15H,2-5H2,1H3,(H,17,19)(H,20,21). The lowest BCUT2D eigenvalue weighted by Gasteiger charge is -2.20. The largest absolute Gasteiger partial charge is 0.479 e. The zero-order valence-corrected chi connectivity index (χ0v) is 12.0. The quantitative estimate of drug-likeness (QED) is 0.728. The van der Waals surface area contributed by atoms with Crippen LogP contribution in [0.2, 0.25) is 0 Å². The Hall–Kier alpha value is -1.89. The van der Waals surface area contributed by atoms with Gasteiger partial charge in [-0.05, 0) is 31.2 Å². The van der Waals surface area contributed by atoms with Crippen molar-refractivity contribution in [1.29, 1.82) is 0 Å².